The molecule has 9 heteroatoms. The van der Waals surface area contributed by atoms with Crippen molar-refractivity contribution in [3.63, 3.8) is 0 Å². The summed E-state index contributed by atoms with van der Waals surface area (Å²) < 4.78 is 15.8. The number of hydrogen-bond donors (Lipinski definition) is 1. The Hall–Kier alpha value is -3.33. The lowest BCUT2D eigenvalue weighted by Gasteiger charge is -2.21. The van der Waals surface area contributed by atoms with E-state index >= 15 is 0 Å². The van der Waals surface area contributed by atoms with Crippen LogP contribution in [-0.2, 0) is 6.54 Å². The summed E-state index contributed by atoms with van der Waals surface area (Å²) in [6.45, 7) is 4.66. The van der Waals surface area contributed by atoms with Crippen molar-refractivity contribution in [2.45, 2.75) is 19.6 Å². The van der Waals surface area contributed by atoms with Crippen LogP contribution in [-0.4, -0.2) is 48.8 Å². The molecule has 1 atom stereocenters. The van der Waals surface area contributed by atoms with Crippen LogP contribution in [0.25, 0.3) is 11.0 Å². The second-order valence-electron chi connectivity index (χ2n) is 7.03. The van der Waals surface area contributed by atoms with E-state index in [0.29, 0.717) is 29.1 Å². The van der Waals surface area contributed by atoms with Crippen LogP contribution in [0.15, 0.2) is 41.0 Å². The Bertz CT molecular complexity index is 1030. The van der Waals surface area contributed by atoms with Gasteiger partial charge in [0, 0.05) is 54.6 Å². The second kappa shape index (κ2) is 7.96. The van der Waals surface area contributed by atoms with Gasteiger partial charge in [0.15, 0.2) is 0 Å². The van der Waals surface area contributed by atoms with Crippen LogP contribution in [0.3, 0.4) is 0 Å². The molecule has 4 rings (SSSR count). The fourth-order valence-corrected chi connectivity index (χ4v) is 3.44. The summed E-state index contributed by atoms with van der Waals surface area (Å²) >= 11 is 0. The number of rotatable bonds is 5. The van der Waals surface area contributed by atoms with Crippen LogP contribution in [0, 0.1) is 5.21 Å². The van der Waals surface area contributed by atoms with E-state index in [9.17, 15) is 10.0 Å². The Morgan fingerprint density at radius 2 is 2.24 bits per heavy atom. The normalized spacial score (nSPS) is 16.7. The highest BCUT2D eigenvalue weighted by molar-refractivity contribution is 5.96. The molecule has 0 fully saturated rings. The number of fused-ring (bicyclic) bond motifs is 2. The average molecular weight is 398 g/mol. The molecule has 9 nitrogen and oxygen atoms in total. The zero-order valence-corrected chi connectivity index (χ0v) is 16.3. The zero-order valence-electron chi connectivity index (χ0n) is 16.3. The molecule has 1 aromatic heterocycles. The summed E-state index contributed by atoms with van der Waals surface area (Å²) in [7, 11) is 1.63. The van der Waals surface area contributed by atoms with Crippen LogP contribution in [0.2, 0.25) is 0 Å². The molecule has 0 saturated carbocycles. The van der Waals surface area contributed by atoms with E-state index < -0.39 is 0 Å². The molecule has 0 saturated heterocycles. The number of hydrogen-bond acceptors (Lipinski definition) is 7. The molecule has 1 amide bonds. The summed E-state index contributed by atoms with van der Waals surface area (Å²) in [5.41, 5.74) is 2.15. The van der Waals surface area contributed by atoms with Gasteiger partial charge in [0.05, 0.1) is 7.11 Å². The lowest BCUT2D eigenvalue weighted by atomic mass is 10.1. The van der Waals surface area contributed by atoms with Crippen LogP contribution in [0.5, 0.6) is 11.5 Å². The number of methoxy groups -OCH3 is 1. The first-order chi connectivity index (χ1) is 14.0. The van der Waals surface area contributed by atoms with Gasteiger partial charge in [-0.2, -0.15) is 0 Å². The van der Waals surface area contributed by atoms with E-state index in [1.165, 1.54) is 12.1 Å². The molecule has 0 spiro atoms. The summed E-state index contributed by atoms with van der Waals surface area (Å²) in [5, 5.41) is 17.9. The third kappa shape index (κ3) is 4.09. The van der Waals surface area contributed by atoms with Crippen LogP contribution in [0.1, 0.15) is 22.8 Å². The number of carbonyl (C=O) groups is 1. The first kappa shape index (κ1) is 19.0. The van der Waals surface area contributed by atoms with Gasteiger partial charge in [-0.25, -0.2) is 0 Å². The molecular weight excluding hydrogens is 376 g/mol. The van der Waals surface area contributed by atoms with E-state index in [4.69, 9.17) is 9.47 Å². The third-order valence-corrected chi connectivity index (χ3v) is 4.87. The number of nitrogens with zero attached hydrogens (tertiary/aromatic N) is 3. The zero-order chi connectivity index (χ0) is 20.4. The molecule has 2 aromatic carbocycles. The van der Waals surface area contributed by atoms with E-state index in [1.807, 2.05) is 25.1 Å². The molecule has 152 valence electrons. The first-order valence-electron chi connectivity index (χ1n) is 9.37. The molecule has 0 bridgehead atoms. The Balaban J connectivity index is 1.37. The quantitative estimate of drug-likeness (QED) is 0.649. The van der Waals surface area contributed by atoms with Crippen molar-refractivity contribution < 1.29 is 23.8 Å². The number of carbonyl (C=O) groups excluding carboxylic acids is 1. The molecule has 3 aromatic rings. The molecule has 2 heterocycles. The largest absolute Gasteiger partial charge is 0.497 e. The van der Waals surface area contributed by atoms with Crippen molar-refractivity contribution in [3.05, 3.63) is 52.7 Å². The topological polar surface area (TPSA) is 104 Å². The molecule has 1 aliphatic heterocycles. The van der Waals surface area contributed by atoms with Crippen molar-refractivity contribution in [2.24, 2.45) is 0 Å². The van der Waals surface area contributed by atoms with Gasteiger partial charge in [0.2, 0.25) is 11.0 Å². The maximum Gasteiger partial charge on any atom is 0.251 e. The van der Waals surface area contributed by atoms with Gasteiger partial charge < -0.3 is 20.0 Å². The van der Waals surface area contributed by atoms with Crippen LogP contribution in [0.4, 0.5) is 0 Å². The maximum atomic E-state index is 12.4. The van der Waals surface area contributed by atoms with Crippen molar-refractivity contribution in [3.8, 4) is 11.5 Å². The molecule has 1 unspecified atom stereocenters. The van der Waals surface area contributed by atoms with E-state index in [2.05, 4.69) is 20.0 Å². The van der Waals surface area contributed by atoms with Gasteiger partial charge in [-0.15, -0.1) is 0 Å². The van der Waals surface area contributed by atoms with Crippen LogP contribution >= 0.6 is 0 Å². The van der Waals surface area contributed by atoms with Crippen molar-refractivity contribution in [2.75, 3.05) is 26.7 Å². The summed E-state index contributed by atoms with van der Waals surface area (Å²) in [5.74, 6) is 1.37. The number of ether oxygens (including phenoxy) is 2. The average Bonchev–Trinajstić information content (AvgIpc) is 3.00. The Kier molecular flexibility index (Phi) is 5.22. The number of nitrogens with one attached hydrogen (secondary N) is 1. The summed E-state index contributed by atoms with van der Waals surface area (Å²) in [6.07, 6.45) is 0.0208. The lowest BCUT2D eigenvalue weighted by Crippen LogP contribution is -2.37. The molecular formula is C20H22N4O5. The predicted octanol–water partition coefficient (Wildman–Crippen LogP) is 1.48. The molecule has 1 aliphatic rings. The number of benzene rings is 2. The van der Waals surface area contributed by atoms with Gasteiger partial charge in [-0.1, -0.05) is 6.07 Å². The van der Waals surface area contributed by atoms with E-state index in [0.717, 1.165) is 30.2 Å². The van der Waals surface area contributed by atoms with Gasteiger partial charge in [-0.05, 0) is 30.0 Å². The summed E-state index contributed by atoms with van der Waals surface area (Å²) in [6, 6.07) is 10.5. The highest BCUT2D eigenvalue weighted by Crippen LogP contribution is 2.29. The molecule has 0 radical (unpaired) electrons. The molecule has 0 aliphatic carbocycles. The minimum absolute atomic E-state index is 0.0208. The number of aromatic nitrogens is 2. The second-order valence-corrected chi connectivity index (χ2v) is 7.03. The standard InChI is InChI=1S/C20H22N4O5/c1-13-11-23(12-15-3-5-16(27-2)10-19(15)28-13)8-7-21-20(25)14-4-6-18-17(9-14)22-29-24(18)26/h3-6,9-10,13H,7-8,11-12H2,1-2H3,(H,21,25). The smallest absolute Gasteiger partial charge is 0.251 e. The van der Waals surface area contributed by atoms with Crippen molar-refractivity contribution >= 4 is 16.9 Å². The third-order valence-electron chi connectivity index (χ3n) is 4.87. The van der Waals surface area contributed by atoms with Gasteiger partial charge >= 0.3 is 0 Å². The minimum Gasteiger partial charge on any atom is -0.497 e. The predicted molar refractivity (Wildman–Crippen MR) is 104 cm³/mol. The van der Waals surface area contributed by atoms with Crippen molar-refractivity contribution in [1.29, 1.82) is 0 Å². The fourth-order valence-electron chi connectivity index (χ4n) is 3.44. The van der Waals surface area contributed by atoms with E-state index in [1.54, 1.807) is 13.2 Å². The Morgan fingerprint density at radius 1 is 1.38 bits per heavy atom. The molecule has 29 heavy (non-hydrogen) atoms. The van der Waals surface area contributed by atoms with Gasteiger partial charge in [-0.3, -0.25) is 14.3 Å². The minimum atomic E-state index is -0.225. The van der Waals surface area contributed by atoms with Gasteiger partial charge in [0.1, 0.15) is 17.6 Å². The fraction of sp³-hybridized carbons (Fsp3) is 0.350. The Morgan fingerprint density at radius 3 is 3.07 bits per heavy atom. The highest BCUT2D eigenvalue weighted by atomic mass is 16.8. The summed E-state index contributed by atoms with van der Waals surface area (Å²) in [4.78, 5) is 15.0. The Labute approximate surface area is 167 Å². The van der Waals surface area contributed by atoms with Crippen LogP contribution < -0.4 is 19.7 Å². The van der Waals surface area contributed by atoms with E-state index in [-0.39, 0.29) is 17.5 Å². The van der Waals surface area contributed by atoms with Gasteiger partial charge in [0.25, 0.3) is 5.91 Å². The highest BCUT2D eigenvalue weighted by Gasteiger charge is 2.21. The number of amides is 1. The van der Waals surface area contributed by atoms with Crippen molar-refractivity contribution in [1.82, 2.24) is 15.4 Å². The first-order valence-corrected chi connectivity index (χ1v) is 9.37. The monoisotopic (exact) mass is 398 g/mol. The lowest BCUT2D eigenvalue weighted by molar-refractivity contribution is -0.782. The maximum absolute atomic E-state index is 12.4. The SMILES string of the molecule is COc1ccc2c(c1)OC(C)CN(CCNC(=O)c1ccc3c(c1)no[n+]3[O-])C2. The molecule has 1 N–H and O–H groups in total.